The molecule has 0 aliphatic carbocycles. The molecule has 0 saturated heterocycles. The second-order valence-electron chi connectivity index (χ2n) is 3.43. The third kappa shape index (κ3) is 13.9. The Kier molecular flexibility index (Phi) is 10.2. The molecular weight excluding hydrogens is 281 g/mol. The highest BCUT2D eigenvalue weighted by molar-refractivity contribution is 7.89. The van der Waals surface area contributed by atoms with Crippen LogP contribution in [0.1, 0.15) is 25.7 Å². The van der Waals surface area contributed by atoms with Crippen LogP contribution in [0.3, 0.4) is 0 Å². The minimum absolute atomic E-state index is 0. The fraction of sp³-hybridized carbons (Fsp3) is 1.00. The highest BCUT2D eigenvalue weighted by atomic mass is 35.5. The molecule has 4 nitrogen and oxygen atoms in total. The number of nitrogens with two attached hydrogens (primary N) is 1. The molecule has 0 amide bonds. The van der Waals surface area contributed by atoms with Crippen LogP contribution in [0, 0.1) is 0 Å². The summed E-state index contributed by atoms with van der Waals surface area (Å²) in [5.41, 5.74) is 5.20. The maximum Gasteiger partial charge on any atom is 0.389 e. The zero-order valence-corrected chi connectivity index (χ0v) is 10.9. The van der Waals surface area contributed by atoms with Crippen LogP contribution in [0.4, 0.5) is 13.2 Å². The molecule has 0 aromatic heterocycles. The van der Waals surface area contributed by atoms with E-state index in [0.717, 1.165) is 0 Å². The molecule has 0 atom stereocenters. The Balaban J connectivity index is 0. The molecule has 0 aromatic rings. The molecule has 0 heterocycles. The van der Waals surface area contributed by atoms with Gasteiger partial charge in [0, 0.05) is 13.0 Å². The lowest BCUT2D eigenvalue weighted by molar-refractivity contribution is -0.134. The van der Waals surface area contributed by atoms with Gasteiger partial charge in [-0.15, -0.1) is 12.4 Å². The summed E-state index contributed by atoms with van der Waals surface area (Å²) in [6.07, 6.45) is -4.50. The summed E-state index contributed by atoms with van der Waals surface area (Å²) in [6, 6.07) is 0. The molecule has 0 bridgehead atoms. The highest BCUT2D eigenvalue weighted by Crippen LogP contribution is 2.21. The lowest BCUT2D eigenvalue weighted by Gasteiger charge is -2.07. The zero-order chi connectivity index (χ0) is 12.7. The number of sulfonamides is 1. The van der Waals surface area contributed by atoms with Crippen molar-refractivity contribution in [2.24, 2.45) is 5.73 Å². The van der Waals surface area contributed by atoms with E-state index < -0.39 is 34.8 Å². The van der Waals surface area contributed by atoms with E-state index in [1.807, 2.05) is 0 Å². The predicted octanol–water partition coefficient (Wildman–Crippen LogP) is 1.41. The van der Waals surface area contributed by atoms with Crippen molar-refractivity contribution in [1.29, 1.82) is 0 Å². The molecule has 0 rings (SSSR count). The van der Waals surface area contributed by atoms with E-state index in [1.54, 1.807) is 0 Å². The first-order chi connectivity index (χ1) is 7.27. The van der Waals surface area contributed by atoms with Gasteiger partial charge in [0.1, 0.15) is 0 Å². The Bertz CT molecular complexity index is 283. The number of alkyl halides is 3. The van der Waals surface area contributed by atoms with E-state index in [1.165, 1.54) is 0 Å². The van der Waals surface area contributed by atoms with Gasteiger partial charge in [0.05, 0.1) is 5.75 Å². The fourth-order valence-corrected chi connectivity index (χ4v) is 2.16. The number of rotatable bonds is 8. The molecule has 106 valence electrons. The number of unbranched alkanes of at least 4 members (excludes halogenated alkanes) is 1. The van der Waals surface area contributed by atoms with Gasteiger partial charge in [-0.05, 0) is 25.8 Å². The molecule has 0 aliphatic heterocycles. The average molecular weight is 299 g/mol. The van der Waals surface area contributed by atoms with E-state index in [-0.39, 0.29) is 19.0 Å². The Morgan fingerprint density at radius 2 is 1.71 bits per heavy atom. The molecule has 9 heteroatoms. The van der Waals surface area contributed by atoms with Crippen LogP contribution < -0.4 is 10.5 Å². The number of halogens is 4. The average Bonchev–Trinajstić information content (AvgIpc) is 2.10. The minimum atomic E-state index is -4.30. The van der Waals surface area contributed by atoms with E-state index in [4.69, 9.17) is 5.73 Å². The largest absolute Gasteiger partial charge is 0.389 e. The smallest absolute Gasteiger partial charge is 0.330 e. The van der Waals surface area contributed by atoms with Crippen molar-refractivity contribution in [3.05, 3.63) is 0 Å². The standard InChI is InChI=1S/C8H17F3N2O2S.ClH/c9-8(10,11)4-3-7-16(14,15)13-6-2-1-5-12;/h13H,1-7,12H2;1H. The first-order valence-corrected chi connectivity index (χ1v) is 6.66. The molecule has 0 saturated carbocycles. The molecule has 0 unspecified atom stereocenters. The number of hydrogen-bond donors (Lipinski definition) is 2. The molecule has 17 heavy (non-hydrogen) atoms. The quantitative estimate of drug-likeness (QED) is 0.666. The van der Waals surface area contributed by atoms with Gasteiger partial charge >= 0.3 is 6.18 Å². The number of nitrogens with one attached hydrogen (secondary N) is 1. The van der Waals surface area contributed by atoms with Gasteiger partial charge < -0.3 is 5.73 Å². The van der Waals surface area contributed by atoms with Crippen molar-refractivity contribution >= 4 is 22.4 Å². The summed E-state index contributed by atoms with van der Waals surface area (Å²) in [4.78, 5) is 0. The summed E-state index contributed by atoms with van der Waals surface area (Å²) >= 11 is 0. The van der Waals surface area contributed by atoms with Crippen LogP contribution in [0.25, 0.3) is 0 Å². The second-order valence-corrected chi connectivity index (χ2v) is 5.35. The normalized spacial score (nSPS) is 12.2. The van der Waals surface area contributed by atoms with Gasteiger partial charge in [-0.1, -0.05) is 0 Å². The van der Waals surface area contributed by atoms with E-state index >= 15 is 0 Å². The van der Waals surface area contributed by atoms with Gasteiger partial charge in [0.25, 0.3) is 0 Å². The fourth-order valence-electron chi connectivity index (χ4n) is 1.03. The zero-order valence-electron chi connectivity index (χ0n) is 9.29. The minimum Gasteiger partial charge on any atom is -0.330 e. The van der Waals surface area contributed by atoms with Crippen LogP contribution in [0.15, 0.2) is 0 Å². The summed E-state index contributed by atoms with van der Waals surface area (Å²) in [5, 5.41) is 0. The maximum atomic E-state index is 11.8. The van der Waals surface area contributed by atoms with Crippen molar-refractivity contribution < 1.29 is 21.6 Å². The van der Waals surface area contributed by atoms with Crippen molar-refractivity contribution in [1.82, 2.24) is 4.72 Å². The third-order valence-corrected chi connectivity index (χ3v) is 3.30. The summed E-state index contributed by atoms with van der Waals surface area (Å²) in [6.45, 7) is 0.696. The van der Waals surface area contributed by atoms with Crippen LogP contribution in [0.5, 0.6) is 0 Å². The van der Waals surface area contributed by atoms with Crippen LogP contribution >= 0.6 is 12.4 Å². The summed E-state index contributed by atoms with van der Waals surface area (Å²) in [5.74, 6) is -0.491. The van der Waals surface area contributed by atoms with Crippen LogP contribution in [0.2, 0.25) is 0 Å². The number of hydrogen-bond acceptors (Lipinski definition) is 3. The van der Waals surface area contributed by atoms with Gasteiger partial charge in [-0.25, -0.2) is 13.1 Å². The lowest BCUT2D eigenvalue weighted by atomic mass is 10.3. The molecule has 3 N–H and O–H groups in total. The summed E-state index contributed by atoms with van der Waals surface area (Å²) < 4.78 is 59.8. The molecule has 0 spiro atoms. The van der Waals surface area contributed by atoms with E-state index in [0.29, 0.717) is 19.4 Å². The Morgan fingerprint density at radius 1 is 1.12 bits per heavy atom. The first kappa shape index (κ1) is 19.3. The molecule has 0 aromatic carbocycles. The predicted molar refractivity (Wildman–Crippen MR) is 62.6 cm³/mol. The van der Waals surface area contributed by atoms with Gasteiger partial charge in [-0.2, -0.15) is 13.2 Å². The van der Waals surface area contributed by atoms with E-state index in [9.17, 15) is 21.6 Å². The lowest BCUT2D eigenvalue weighted by Crippen LogP contribution is -2.28. The van der Waals surface area contributed by atoms with Crippen molar-refractivity contribution in [2.75, 3.05) is 18.8 Å². The van der Waals surface area contributed by atoms with Crippen LogP contribution in [-0.2, 0) is 10.0 Å². The Hall–Kier alpha value is -0.0500. The van der Waals surface area contributed by atoms with Gasteiger partial charge in [0.2, 0.25) is 10.0 Å². The van der Waals surface area contributed by atoms with Crippen molar-refractivity contribution in [3.8, 4) is 0 Å². The first-order valence-electron chi connectivity index (χ1n) is 5.01. The molecular formula is C8H18ClF3N2O2S. The van der Waals surface area contributed by atoms with E-state index in [2.05, 4.69) is 4.72 Å². The van der Waals surface area contributed by atoms with Crippen LogP contribution in [-0.4, -0.2) is 33.4 Å². The maximum absolute atomic E-state index is 11.8. The second kappa shape index (κ2) is 8.96. The Labute approximate surface area is 106 Å². The topological polar surface area (TPSA) is 72.2 Å². The van der Waals surface area contributed by atoms with Gasteiger partial charge in [0.15, 0.2) is 0 Å². The molecule has 0 fully saturated rings. The Morgan fingerprint density at radius 3 is 2.18 bits per heavy atom. The van der Waals surface area contributed by atoms with Crippen molar-refractivity contribution in [2.45, 2.75) is 31.9 Å². The SMILES string of the molecule is Cl.NCCCCNS(=O)(=O)CCCC(F)(F)F. The molecule has 0 aliphatic rings. The monoisotopic (exact) mass is 298 g/mol. The molecule has 0 radical (unpaired) electrons. The van der Waals surface area contributed by atoms with Crippen molar-refractivity contribution in [3.63, 3.8) is 0 Å². The summed E-state index contributed by atoms with van der Waals surface area (Å²) in [7, 11) is -3.58. The third-order valence-electron chi connectivity index (χ3n) is 1.83. The van der Waals surface area contributed by atoms with Gasteiger partial charge in [-0.3, -0.25) is 0 Å². The highest BCUT2D eigenvalue weighted by Gasteiger charge is 2.27.